The highest BCUT2D eigenvalue weighted by atomic mass is 16.5. The largest absolute Gasteiger partial charge is 0.393 e. The van der Waals surface area contributed by atoms with Crippen LogP contribution in [-0.2, 0) is 12.8 Å². The summed E-state index contributed by atoms with van der Waals surface area (Å²) in [7, 11) is 2.15. The number of aliphatic hydroxyl groups is 1. The van der Waals surface area contributed by atoms with Gasteiger partial charge in [-0.1, -0.05) is 11.6 Å². The minimum atomic E-state index is -0.419. The summed E-state index contributed by atoms with van der Waals surface area (Å²) < 4.78 is 5.22. The van der Waals surface area contributed by atoms with Gasteiger partial charge in [0.1, 0.15) is 0 Å². The zero-order chi connectivity index (χ0) is 12.3. The minimum Gasteiger partial charge on any atom is -0.393 e. The lowest BCUT2D eigenvalue weighted by Gasteiger charge is -2.31. The molecule has 2 heterocycles. The fraction of sp³-hybridized carbons (Fsp3) is 0.833. The molecule has 2 atom stereocenters. The van der Waals surface area contributed by atoms with Gasteiger partial charge in [-0.3, -0.25) is 0 Å². The van der Waals surface area contributed by atoms with Crippen molar-refractivity contribution in [1.82, 2.24) is 15.0 Å². The van der Waals surface area contributed by atoms with Crippen LogP contribution in [0.1, 0.15) is 37.9 Å². The summed E-state index contributed by atoms with van der Waals surface area (Å²) in [5, 5.41) is 13.1. The standard InChI is InChI=1S/C12H21N3O2/c1-9(16)7-11-13-12(17-14-11)8-10-5-3-4-6-15(10)2/h9-10,16H,3-8H2,1-2H3. The van der Waals surface area contributed by atoms with E-state index < -0.39 is 6.10 Å². The van der Waals surface area contributed by atoms with Crippen molar-refractivity contribution in [2.24, 2.45) is 0 Å². The minimum absolute atomic E-state index is 0.419. The number of piperidine rings is 1. The van der Waals surface area contributed by atoms with Crippen LogP contribution in [0.4, 0.5) is 0 Å². The topological polar surface area (TPSA) is 62.4 Å². The van der Waals surface area contributed by atoms with E-state index in [2.05, 4.69) is 22.1 Å². The van der Waals surface area contributed by atoms with Gasteiger partial charge in [-0.15, -0.1) is 0 Å². The fourth-order valence-corrected chi connectivity index (χ4v) is 2.32. The molecule has 1 aliphatic rings. The highest BCUT2D eigenvalue weighted by Crippen LogP contribution is 2.18. The Labute approximate surface area is 102 Å². The zero-order valence-corrected chi connectivity index (χ0v) is 10.6. The molecule has 5 nitrogen and oxygen atoms in total. The van der Waals surface area contributed by atoms with Crippen LogP contribution in [0.5, 0.6) is 0 Å². The lowest BCUT2D eigenvalue weighted by molar-refractivity contribution is 0.173. The third-order valence-corrected chi connectivity index (χ3v) is 3.32. The number of likely N-dealkylation sites (N-methyl/N-ethyl adjacent to an activating group) is 1. The maximum Gasteiger partial charge on any atom is 0.228 e. The van der Waals surface area contributed by atoms with E-state index in [1.807, 2.05) is 0 Å². The number of likely N-dealkylation sites (tertiary alicyclic amines) is 1. The lowest BCUT2D eigenvalue weighted by Crippen LogP contribution is -2.37. The first-order valence-corrected chi connectivity index (χ1v) is 6.35. The Bertz CT molecular complexity index is 351. The van der Waals surface area contributed by atoms with Crippen LogP contribution in [0.2, 0.25) is 0 Å². The Kier molecular flexibility index (Phi) is 4.12. The van der Waals surface area contributed by atoms with E-state index in [9.17, 15) is 5.11 Å². The molecule has 1 aromatic heterocycles. The fourth-order valence-electron chi connectivity index (χ4n) is 2.32. The molecular formula is C12H21N3O2. The first-order valence-electron chi connectivity index (χ1n) is 6.35. The van der Waals surface area contributed by atoms with E-state index in [1.54, 1.807) is 6.92 Å². The molecular weight excluding hydrogens is 218 g/mol. The average Bonchev–Trinajstić information content (AvgIpc) is 2.68. The van der Waals surface area contributed by atoms with Gasteiger partial charge in [0, 0.05) is 18.9 Å². The Hall–Kier alpha value is -0.940. The van der Waals surface area contributed by atoms with Gasteiger partial charge in [0.2, 0.25) is 5.89 Å². The maximum absolute atomic E-state index is 9.25. The summed E-state index contributed by atoms with van der Waals surface area (Å²) in [5.41, 5.74) is 0. The molecule has 1 aromatic rings. The Morgan fingerprint density at radius 3 is 3.06 bits per heavy atom. The molecule has 0 radical (unpaired) electrons. The van der Waals surface area contributed by atoms with Gasteiger partial charge < -0.3 is 14.5 Å². The van der Waals surface area contributed by atoms with Crippen LogP contribution in [0, 0.1) is 0 Å². The van der Waals surface area contributed by atoms with Gasteiger partial charge in [-0.05, 0) is 33.4 Å². The Morgan fingerprint density at radius 1 is 1.53 bits per heavy atom. The molecule has 0 aliphatic carbocycles. The summed E-state index contributed by atoms with van der Waals surface area (Å²) in [4.78, 5) is 6.68. The van der Waals surface area contributed by atoms with Gasteiger partial charge in [-0.2, -0.15) is 4.98 Å². The Morgan fingerprint density at radius 2 is 2.35 bits per heavy atom. The number of nitrogens with zero attached hydrogens (tertiary/aromatic N) is 3. The van der Waals surface area contributed by atoms with Crippen molar-refractivity contribution in [3.63, 3.8) is 0 Å². The number of rotatable bonds is 4. The molecule has 0 amide bonds. The van der Waals surface area contributed by atoms with Crippen LogP contribution < -0.4 is 0 Å². The summed E-state index contributed by atoms with van der Waals surface area (Å²) in [5.74, 6) is 1.30. The summed E-state index contributed by atoms with van der Waals surface area (Å²) in [6.45, 7) is 2.88. The van der Waals surface area contributed by atoms with Gasteiger partial charge >= 0.3 is 0 Å². The van der Waals surface area contributed by atoms with E-state index in [-0.39, 0.29) is 0 Å². The van der Waals surface area contributed by atoms with Crippen LogP contribution in [-0.4, -0.2) is 45.9 Å². The smallest absolute Gasteiger partial charge is 0.228 e. The average molecular weight is 239 g/mol. The van der Waals surface area contributed by atoms with E-state index in [1.165, 1.54) is 19.3 Å². The van der Waals surface area contributed by atoms with Crippen molar-refractivity contribution in [2.45, 2.75) is 51.2 Å². The number of aliphatic hydroxyl groups excluding tert-OH is 1. The number of hydrogen-bond donors (Lipinski definition) is 1. The molecule has 0 bridgehead atoms. The summed E-state index contributed by atoms with van der Waals surface area (Å²) in [6.07, 6.45) is 4.63. The van der Waals surface area contributed by atoms with Gasteiger partial charge in [0.05, 0.1) is 6.10 Å². The molecule has 0 saturated carbocycles. The predicted molar refractivity (Wildman–Crippen MR) is 63.7 cm³/mol. The van der Waals surface area contributed by atoms with Crippen molar-refractivity contribution in [3.8, 4) is 0 Å². The molecule has 1 aliphatic heterocycles. The predicted octanol–water partition coefficient (Wildman–Crippen LogP) is 1.02. The molecule has 1 fully saturated rings. The van der Waals surface area contributed by atoms with Crippen molar-refractivity contribution < 1.29 is 9.63 Å². The van der Waals surface area contributed by atoms with E-state index in [0.29, 0.717) is 24.2 Å². The molecule has 1 saturated heterocycles. The summed E-state index contributed by atoms with van der Waals surface area (Å²) in [6, 6.07) is 0.517. The van der Waals surface area contributed by atoms with E-state index >= 15 is 0 Å². The monoisotopic (exact) mass is 239 g/mol. The van der Waals surface area contributed by atoms with Crippen LogP contribution in [0.25, 0.3) is 0 Å². The second-order valence-electron chi connectivity index (χ2n) is 4.99. The van der Waals surface area contributed by atoms with E-state index in [4.69, 9.17) is 4.52 Å². The first kappa shape index (κ1) is 12.5. The van der Waals surface area contributed by atoms with Gasteiger partial charge in [0.15, 0.2) is 5.82 Å². The third-order valence-electron chi connectivity index (χ3n) is 3.32. The summed E-state index contributed by atoms with van der Waals surface area (Å²) >= 11 is 0. The second kappa shape index (κ2) is 5.60. The molecule has 5 heteroatoms. The van der Waals surface area contributed by atoms with Crippen LogP contribution in [0.15, 0.2) is 4.52 Å². The quantitative estimate of drug-likeness (QED) is 0.850. The molecule has 0 spiro atoms. The van der Waals surface area contributed by atoms with Crippen molar-refractivity contribution in [3.05, 3.63) is 11.7 Å². The van der Waals surface area contributed by atoms with E-state index in [0.717, 1.165) is 13.0 Å². The maximum atomic E-state index is 9.25. The second-order valence-corrected chi connectivity index (χ2v) is 4.99. The SMILES string of the molecule is CC(O)Cc1noc(CC2CCCCN2C)n1. The van der Waals surface area contributed by atoms with Crippen LogP contribution in [0.3, 0.4) is 0 Å². The molecule has 2 unspecified atom stereocenters. The molecule has 96 valence electrons. The first-order chi connectivity index (χ1) is 8.15. The van der Waals surface area contributed by atoms with Crippen molar-refractivity contribution >= 4 is 0 Å². The van der Waals surface area contributed by atoms with Crippen LogP contribution >= 0.6 is 0 Å². The highest BCUT2D eigenvalue weighted by molar-refractivity contribution is 4.92. The van der Waals surface area contributed by atoms with Gasteiger partial charge in [0.25, 0.3) is 0 Å². The zero-order valence-electron chi connectivity index (χ0n) is 10.6. The number of aromatic nitrogens is 2. The van der Waals surface area contributed by atoms with Crippen molar-refractivity contribution in [1.29, 1.82) is 0 Å². The molecule has 1 N–H and O–H groups in total. The molecule has 2 rings (SSSR count). The molecule has 17 heavy (non-hydrogen) atoms. The van der Waals surface area contributed by atoms with Gasteiger partial charge in [-0.25, -0.2) is 0 Å². The van der Waals surface area contributed by atoms with Crippen molar-refractivity contribution in [2.75, 3.05) is 13.6 Å². The Balaban J connectivity index is 1.91. The number of hydrogen-bond acceptors (Lipinski definition) is 5. The molecule has 0 aromatic carbocycles. The lowest BCUT2D eigenvalue weighted by atomic mass is 10.0. The highest BCUT2D eigenvalue weighted by Gasteiger charge is 2.21. The normalized spacial score (nSPS) is 23.8. The third kappa shape index (κ3) is 3.51.